The minimum Gasteiger partial charge on any atom is -0.481 e. The van der Waals surface area contributed by atoms with Crippen LogP contribution < -0.4 is 21.3 Å². The second kappa shape index (κ2) is 10.0. The number of hydrogen-bond acceptors (Lipinski definition) is 8. The van der Waals surface area contributed by atoms with E-state index in [9.17, 15) is 10.1 Å². The number of nitrogens with zero attached hydrogens (tertiary/aromatic N) is 5. The zero-order valence-corrected chi connectivity index (χ0v) is 21.1. The van der Waals surface area contributed by atoms with E-state index in [0.717, 1.165) is 16.5 Å². The van der Waals surface area contributed by atoms with E-state index in [-0.39, 0.29) is 11.5 Å². The summed E-state index contributed by atoms with van der Waals surface area (Å²) in [6.07, 6.45) is 1.66. The smallest absolute Gasteiger partial charge is 0.263 e. The maximum Gasteiger partial charge on any atom is 0.263 e. The first kappa shape index (κ1) is 24.5. The van der Waals surface area contributed by atoms with Crippen LogP contribution in [0.4, 0.5) is 11.8 Å². The van der Waals surface area contributed by atoms with Crippen molar-refractivity contribution in [3.8, 4) is 28.8 Å². The van der Waals surface area contributed by atoms with Crippen molar-refractivity contribution in [3.05, 3.63) is 100 Å². The molecule has 0 amide bonds. The highest BCUT2D eigenvalue weighted by atomic mass is 16.5. The topological polar surface area (TPSA) is 132 Å². The van der Waals surface area contributed by atoms with E-state index in [0.29, 0.717) is 39.7 Å². The van der Waals surface area contributed by atoms with Gasteiger partial charge in [0.2, 0.25) is 11.8 Å². The third kappa shape index (κ3) is 4.40. The lowest BCUT2D eigenvalue weighted by Crippen LogP contribution is -2.26. The van der Waals surface area contributed by atoms with Crippen LogP contribution in [0.3, 0.4) is 0 Å². The fraction of sp³-hybridized carbons (Fsp3) is 0.138. The zero-order chi connectivity index (χ0) is 26.8. The standard InChI is InChI=1S/C29H25N7O2/c1-17-23(16-30)27(35-29(31)34-17)33-18(2)24-14-20-8-7-11-22(19-12-13-32-25(15-19)38-3)26(20)28(37)36(24)21-9-5-4-6-10-21/h4-15,18H,1-3H3,(H3,31,33,34,35)/t18-/m0/s1. The first-order chi connectivity index (χ1) is 18.4. The van der Waals surface area contributed by atoms with Gasteiger partial charge in [-0.1, -0.05) is 36.4 Å². The molecule has 9 nitrogen and oxygen atoms in total. The van der Waals surface area contributed by atoms with Gasteiger partial charge in [0.25, 0.3) is 5.56 Å². The summed E-state index contributed by atoms with van der Waals surface area (Å²) in [6, 6.07) is 22.6. The molecule has 1 atom stereocenters. The van der Waals surface area contributed by atoms with Gasteiger partial charge in [-0.25, -0.2) is 9.97 Å². The molecule has 38 heavy (non-hydrogen) atoms. The van der Waals surface area contributed by atoms with Crippen LogP contribution in [0.25, 0.3) is 27.6 Å². The Hall–Kier alpha value is -5.23. The molecule has 188 valence electrons. The molecule has 0 radical (unpaired) electrons. The first-order valence-corrected chi connectivity index (χ1v) is 12.0. The quantitative estimate of drug-likeness (QED) is 0.338. The Morgan fingerprint density at radius 1 is 1.08 bits per heavy atom. The van der Waals surface area contributed by atoms with Crippen molar-refractivity contribution in [2.24, 2.45) is 0 Å². The van der Waals surface area contributed by atoms with Crippen molar-refractivity contribution in [1.82, 2.24) is 19.5 Å². The highest BCUT2D eigenvalue weighted by Crippen LogP contribution is 2.31. The summed E-state index contributed by atoms with van der Waals surface area (Å²) in [4.78, 5) is 26.8. The van der Waals surface area contributed by atoms with E-state index in [1.54, 1.807) is 24.8 Å². The fourth-order valence-corrected chi connectivity index (χ4v) is 4.59. The summed E-state index contributed by atoms with van der Waals surface area (Å²) in [6.45, 7) is 3.62. The molecule has 0 spiro atoms. The van der Waals surface area contributed by atoms with Crippen LogP contribution in [0, 0.1) is 18.3 Å². The Balaban J connectivity index is 1.75. The average Bonchev–Trinajstić information content (AvgIpc) is 2.93. The SMILES string of the molecule is COc1cc(-c2cccc3cc([C@H](C)Nc4nc(N)nc(C)c4C#N)n(-c4ccccc4)c(=O)c23)ccn1. The normalized spacial score (nSPS) is 11.6. The Morgan fingerprint density at radius 3 is 2.61 bits per heavy atom. The van der Waals surface area contributed by atoms with E-state index in [2.05, 4.69) is 26.3 Å². The zero-order valence-electron chi connectivity index (χ0n) is 21.1. The Bertz CT molecular complexity index is 1760. The van der Waals surface area contributed by atoms with Gasteiger partial charge in [0.15, 0.2) is 0 Å². The number of para-hydroxylation sites is 1. The van der Waals surface area contributed by atoms with Crippen LogP contribution in [0.5, 0.6) is 5.88 Å². The van der Waals surface area contributed by atoms with Crippen LogP contribution in [-0.2, 0) is 0 Å². The molecule has 0 saturated heterocycles. The lowest BCUT2D eigenvalue weighted by molar-refractivity contribution is 0.398. The van der Waals surface area contributed by atoms with Gasteiger partial charge in [-0.05, 0) is 54.6 Å². The third-order valence-corrected chi connectivity index (χ3v) is 6.36. The van der Waals surface area contributed by atoms with Gasteiger partial charge >= 0.3 is 0 Å². The van der Waals surface area contributed by atoms with E-state index < -0.39 is 6.04 Å². The predicted molar refractivity (Wildman–Crippen MR) is 147 cm³/mol. The average molecular weight is 504 g/mol. The van der Waals surface area contributed by atoms with E-state index >= 15 is 0 Å². The third-order valence-electron chi connectivity index (χ3n) is 6.36. The molecule has 0 aliphatic carbocycles. The number of methoxy groups -OCH3 is 1. The van der Waals surface area contributed by atoms with Crippen molar-refractivity contribution >= 4 is 22.5 Å². The molecule has 0 unspecified atom stereocenters. The minimum absolute atomic E-state index is 0.0626. The summed E-state index contributed by atoms with van der Waals surface area (Å²) in [7, 11) is 1.56. The number of benzene rings is 2. The number of fused-ring (bicyclic) bond motifs is 1. The molecule has 0 bridgehead atoms. The van der Waals surface area contributed by atoms with Gasteiger partial charge in [0.1, 0.15) is 17.5 Å². The van der Waals surface area contributed by atoms with Crippen molar-refractivity contribution in [1.29, 1.82) is 5.26 Å². The minimum atomic E-state index is -0.419. The monoisotopic (exact) mass is 503 g/mol. The number of nitriles is 1. The van der Waals surface area contributed by atoms with Crippen molar-refractivity contribution in [2.45, 2.75) is 19.9 Å². The van der Waals surface area contributed by atoms with Gasteiger partial charge in [-0.2, -0.15) is 10.2 Å². The molecule has 0 aliphatic rings. The van der Waals surface area contributed by atoms with Gasteiger partial charge in [0, 0.05) is 23.6 Å². The van der Waals surface area contributed by atoms with Crippen LogP contribution >= 0.6 is 0 Å². The van der Waals surface area contributed by atoms with E-state index in [1.165, 1.54) is 0 Å². The van der Waals surface area contributed by atoms with Gasteiger partial charge in [0.05, 0.1) is 24.2 Å². The maximum atomic E-state index is 14.3. The number of aromatic nitrogens is 4. The Kier molecular flexibility index (Phi) is 6.46. The van der Waals surface area contributed by atoms with Crippen LogP contribution in [0.15, 0.2) is 77.7 Å². The molecular weight excluding hydrogens is 478 g/mol. The molecule has 0 saturated carbocycles. The molecule has 3 aromatic heterocycles. The van der Waals surface area contributed by atoms with Crippen LogP contribution in [0.2, 0.25) is 0 Å². The lowest BCUT2D eigenvalue weighted by atomic mass is 9.98. The van der Waals surface area contributed by atoms with Gasteiger partial charge in [-0.3, -0.25) is 9.36 Å². The molecule has 9 heteroatoms. The molecule has 3 heterocycles. The van der Waals surface area contributed by atoms with E-state index in [4.69, 9.17) is 10.5 Å². The number of hydrogen-bond donors (Lipinski definition) is 2. The second-order valence-corrected chi connectivity index (χ2v) is 8.77. The van der Waals surface area contributed by atoms with Gasteiger partial charge in [-0.15, -0.1) is 0 Å². The molecule has 5 aromatic rings. The second-order valence-electron chi connectivity index (χ2n) is 8.77. The predicted octanol–water partition coefficient (Wildman–Crippen LogP) is 4.79. The van der Waals surface area contributed by atoms with Crippen LogP contribution in [0.1, 0.15) is 29.9 Å². The number of pyridine rings is 2. The highest BCUT2D eigenvalue weighted by molar-refractivity contribution is 5.96. The summed E-state index contributed by atoms with van der Waals surface area (Å²) in [5, 5.41) is 14.3. The summed E-state index contributed by atoms with van der Waals surface area (Å²) in [5.74, 6) is 0.840. The summed E-state index contributed by atoms with van der Waals surface area (Å²) >= 11 is 0. The molecule has 2 aromatic carbocycles. The number of aryl methyl sites for hydroxylation is 1. The lowest BCUT2D eigenvalue weighted by Gasteiger charge is -2.22. The number of rotatable bonds is 6. The Morgan fingerprint density at radius 2 is 1.87 bits per heavy atom. The first-order valence-electron chi connectivity index (χ1n) is 12.0. The number of anilines is 2. The highest BCUT2D eigenvalue weighted by Gasteiger charge is 2.21. The summed E-state index contributed by atoms with van der Waals surface area (Å²) in [5.41, 5.74) is 9.47. The van der Waals surface area contributed by atoms with E-state index in [1.807, 2.05) is 73.7 Å². The van der Waals surface area contributed by atoms with Crippen molar-refractivity contribution in [2.75, 3.05) is 18.2 Å². The largest absolute Gasteiger partial charge is 0.481 e. The number of nitrogens with two attached hydrogens (primary N) is 1. The fourth-order valence-electron chi connectivity index (χ4n) is 4.59. The summed E-state index contributed by atoms with van der Waals surface area (Å²) < 4.78 is 7.00. The molecular formula is C29H25N7O2. The van der Waals surface area contributed by atoms with Gasteiger partial charge < -0.3 is 15.8 Å². The molecule has 0 fully saturated rings. The molecule has 0 aliphatic heterocycles. The van der Waals surface area contributed by atoms with Crippen molar-refractivity contribution < 1.29 is 4.74 Å². The number of nitrogen functional groups attached to an aromatic ring is 1. The number of ether oxygens (including phenoxy) is 1. The van der Waals surface area contributed by atoms with Crippen molar-refractivity contribution in [3.63, 3.8) is 0 Å². The maximum absolute atomic E-state index is 14.3. The Labute approximate surface area is 219 Å². The van der Waals surface area contributed by atoms with Crippen LogP contribution in [-0.4, -0.2) is 26.6 Å². The molecule has 3 N–H and O–H groups in total. The number of nitrogens with one attached hydrogen (secondary N) is 1. The molecule has 5 rings (SSSR count).